The van der Waals surface area contributed by atoms with Crippen molar-refractivity contribution in [2.45, 2.75) is 6.42 Å². The Morgan fingerprint density at radius 3 is 2.30 bits per heavy atom. The smallest absolute Gasteiger partial charge is 0.335 e. The number of carboxylic acid groups (broad SMARTS) is 1. The molecule has 0 saturated carbocycles. The molecule has 6 nitrogen and oxygen atoms in total. The van der Waals surface area contributed by atoms with Crippen LogP contribution >= 0.6 is 0 Å². The summed E-state index contributed by atoms with van der Waals surface area (Å²) in [5.74, 6) is -0.530. The number of carbonyl (C=O) groups excluding carboxylic acids is 1. The molecule has 0 unspecified atom stereocenters. The highest BCUT2D eigenvalue weighted by molar-refractivity contribution is 5.98. The molecule has 188 valence electrons. The van der Waals surface area contributed by atoms with Gasteiger partial charge in [-0.15, -0.1) is 0 Å². The molecule has 0 heterocycles. The van der Waals surface area contributed by atoms with Crippen molar-refractivity contribution in [3.8, 4) is 5.75 Å². The third-order valence-electron chi connectivity index (χ3n) is 6.07. The predicted octanol–water partition coefficient (Wildman–Crippen LogP) is 5.43. The monoisotopic (exact) mass is 494 g/mol. The second kappa shape index (κ2) is 11.9. The van der Waals surface area contributed by atoms with Gasteiger partial charge in [-0.25, -0.2) is 4.79 Å². The summed E-state index contributed by atoms with van der Waals surface area (Å²) in [7, 11) is 4.00. The minimum absolute atomic E-state index is 0.0675. The van der Waals surface area contributed by atoms with Gasteiger partial charge in [0.25, 0.3) is 5.91 Å². The number of hydrogen-bond donors (Lipinski definition) is 2. The molecule has 0 aromatic heterocycles. The van der Waals surface area contributed by atoms with Gasteiger partial charge in [-0.1, -0.05) is 60.7 Å². The highest BCUT2D eigenvalue weighted by Crippen LogP contribution is 2.26. The quantitative estimate of drug-likeness (QED) is 0.288. The first-order valence-electron chi connectivity index (χ1n) is 12.1. The fourth-order valence-corrected chi connectivity index (χ4v) is 3.97. The number of hydrogen-bond acceptors (Lipinski definition) is 4. The third-order valence-corrected chi connectivity index (χ3v) is 6.07. The van der Waals surface area contributed by atoms with Crippen LogP contribution in [0.5, 0.6) is 5.75 Å². The maximum atomic E-state index is 13.2. The number of benzene rings is 4. The van der Waals surface area contributed by atoms with Gasteiger partial charge in [0, 0.05) is 31.7 Å². The van der Waals surface area contributed by atoms with Crippen LogP contribution in [0.2, 0.25) is 0 Å². The van der Waals surface area contributed by atoms with Crippen molar-refractivity contribution in [3.05, 3.63) is 113 Å². The van der Waals surface area contributed by atoms with Crippen LogP contribution < -0.4 is 15.0 Å². The lowest BCUT2D eigenvalue weighted by Crippen LogP contribution is -2.29. The maximum Gasteiger partial charge on any atom is 0.335 e. The van der Waals surface area contributed by atoms with E-state index in [1.165, 1.54) is 12.1 Å². The summed E-state index contributed by atoms with van der Waals surface area (Å²) < 4.78 is 6.11. The molecule has 0 fully saturated rings. The van der Waals surface area contributed by atoms with Gasteiger partial charge in [0.2, 0.25) is 0 Å². The Labute approximate surface area is 216 Å². The van der Waals surface area contributed by atoms with E-state index in [1.807, 2.05) is 61.5 Å². The van der Waals surface area contributed by atoms with Gasteiger partial charge in [0.15, 0.2) is 0 Å². The molecule has 0 radical (unpaired) electrons. The molecule has 0 aliphatic rings. The van der Waals surface area contributed by atoms with Gasteiger partial charge in [0.05, 0.1) is 11.1 Å². The van der Waals surface area contributed by atoms with Crippen LogP contribution in [-0.2, 0) is 11.2 Å². The Bertz CT molecular complexity index is 1400. The summed E-state index contributed by atoms with van der Waals surface area (Å²) in [6.45, 7) is 0.543. The molecule has 0 saturated heterocycles. The van der Waals surface area contributed by atoms with E-state index in [9.17, 15) is 14.7 Å². The van der Waals surface area contributed by atoms with Crippen molar-refractivity contribution in [2.75, 3.05) is 32.1 Å². The second-order valence-electron chi connectivity index (χ2n) is 8.93. The van der Waals surface area contributed by atoms with Crippen molar-refractivity contribution in [3.63, 3.8) is 0 Å². The van der Waals surface area contributed by atoms with Gasteiger partial charge < -0.3 is 20.1 Å². The van der Waals surface area contributed by atoms with Crippen molar-refractivity contribution < 1.29 is 19.4 Å². The molecule has 2 N–H and O–H groups in total. The zero-order valence-electron chi connectivity index (χ0n) is 21.0. The Morgan fingerprint density at radius 2 is 1.59 bits per heavy atom. The Kier molecular flexibility index (Phi) is 8.21. The Balaban J connectivity index is 1.49. The number of carbonyl (C=O) groups is 2. The molecular formula is C31H30N2O4. The maximum absolute atomic E-state index is 13.2. The first-order valence-corrected chi connectivity index (χ1v) is 12.1. The average Bonchev–Trinajstić information content (AvgIpc) is 2.91. The van der Waals surface area contributed by atoms with E-state index in [0.717, 1.165) is 27.6 Å². The number of fused-ring (bicyclic) bond motifs is 1. The van der Waals surface area contributed by atoms with E-state index in [-0.39, 0.29) is 18.1 Å². The van der Waals surface area contributed by atoms with E-state index in [0.29, 0.717) is 24.3 Å². The molecule has 0 aliphatic carbocycles. The molecule has 0 spiro atoms. The number of nitrogens with zero attached hydrogens (tertiary/aromatic N) is 1. The van der Waals surface area contributed by atoms with Gasteiger partial charge in [-0.05, 0) is 59.3 Å². The lowest BCUT2D eigenvalue weighted by atomic mass is 10.1. The van der Waals surface area contributed by atoms with Crippen LogP contribution in [0.1, 0.15) is 21.5 Å². The molecule has 1 amide bonds. The van der Waals surface area contributed by atoms with Crippen molar-refractivity contribution in [1.82, 2.24) is 5.32 Å². The minimum Gasteiger partial charge on any atom is -0.488 e. The summed E-state index contributed by atoms with van der Waals surface area (Å²) >= 11 is 0. The van der Waals surface area contributed by atoms with Gasteiger partial charge in [-0.3, -0.25) is 4.79 Å². The van der Waals surface area contributed by atoms with Crippen LogP contribution in [0, 0.1) is 0 Å². The van der Waals surface area contributed by atoms with Crippen LogP contribution in [-0.4, -0.2) is 44.2 Å². The molecule has 0 atom stereocenters. The number of aromatic carboxylic acids is 1. The van der Waals surface area contributed by atoms with E-state index in [2.05, 4.69) is 29.6 Å². The highest BCUT2D eigenvalue weighted by Gasteiger charge is 2.12. The zero-order chi connectivity index (χ0) is 26.2. The van der Waals surface area contributed by atoms with Crippen LogP contribution in [0.25, 0.3) is 16.8 Å². The van der Waals surface area contributed by atoms with Crippen molar-refractivity contribution in [1.29, 1.82) is 0 Å². The Morgan fingerprint density at radius 1 is 0.892 bits per heavy atom. The van der Waals surface area contributed by atoms with Gasteiger partial charge in [0.1, 0.15) is 12.4 Å². The summed E-state index contributed by atoms with van der Waals surface area (Å²) in [5, 5.41) is 14.2. The largest absolute Gasteiger partial charge is 0.488 e. The Hall–Kier alpha value is -4.58. The number of carboxylic acids is 1. The minimum atomic E-state index is -0.994. The molecule has 4 aromatic rings. The van der Waals surface area contributed by atoms with Crippen molar-refractivity contribution in [2.24, 2.45) is 0 Å². The lowest BCUT2D eigenvalue weighted by molar-refractivity contribution is -0.117. The number of anilines is 1. The topological polar surface area (TPSA) is 78.9 Å². The summed E-state index contributed by atoms with van der Waals surface area (Å²) in [6, 6.07) is 28.4. The molecule has 4 aromatic carbocycles. The van der Waals surface area contributed by atoms with Crippen molar-refractivity contribution >= 4 is 34.4 Å². The first kappa shape index (κ1) is 25.5. The third kappa shape index (κ3) is 6.76. The summed E-state index contributed by atoms with van der Waals surface area (Å²) in [5.41, 5.74) is 3.61. The van der Waals surface area contributed by atoms with Crippen LogP contribution in [0.4, 0.5) is 5.69 Å². The van der Waals surface area contributed by atoms with E-state index >= 15 is 0 Å². The fraction of sp³-hybridized carbons (Fsp3) is 0.161. The number of amides is 1. The highest BCUT2D eigenvalue weighted by atomic mass is 16.5. The van der Waals surface area contributed by atoms with Gasteiger partial charge >= 0.3 is 5.97 Å². The standard InChI is InChI=1S/C31H30N2O4/c1-33(2)27-16-12-22(13-17-27)18-19-32-30(34)26(20-23-10-14-25(15-11-23)31(35)36)21-37-29-9-5-7-24-6-3-4-8-28(24)29/h3-17,20H,18-19,21H2,1-2H3,(H,32,34)(H,35,36)/b26-20+. The van der Waals surface area contributed by atoms with Gasteiger partial charge in [-0.2, -0.15) is 0 Å². The molecule has 37 heavy (non-hydrogen) atoms. The number of rotatable bonds is 10. The second-order valence-corrected chi connectivity index (χ2v) is 8.93. The van der Waals surface area contributed by atoms with Crippen LogP contribution in [0.15, 0.2) is 96.6 Å². The van der Waals surface area contributed by atoms with E-state index in [4.69, 9.17) is 4.74 Å². The number of ether oxygens (including phenoxy) is 1. The zero-order valence-corrected chi connectivity index (χ0v) is 21.0. The molecule has 6 heteroatoms. The summed E-state index contributed by atoms with van der Waals surface area (Å²) in [4.78, 5) is 26.4. The molecule has 0 aliphatic heterocycles. The SMILES string of the molecule is CN(C)c1ccc(CCNC(=O)/C(=C/c2ccc(C(=O)O)cc2)COc2cccc3ccccc23)cc1. The molecule has 0 bridgehead atoms. The molecule has 4 rings (SSSR count). The lowest BCUT2D eigenvalue weighted by Gasteiger charge is -2.14. The van der Waals surface area contributed by atoms with E-state index < -0.39 is 5.97 Å². The van der Waals surface area contributed by atoms with Crippen LogP contribution in [0.3, 0.4) is 0 Å². The first-order chi connectivity index (χ1) is 17.9. The van der Waals surface area contributed by atoms with E-state index in [1.54, 1.807) is 18.2 Å². The number of nitrogens with one attached hydrogen (secondary N) is 1. The average molecular weight is 495 g/mol. The molecular weight excluding hydrogens is 464 g/mol. The summed E-state index contributed by atoms with van der Waals surface area (Å²) in [6.07, 6.45) is 2.43. The fourth-order valence-electron chi connectivity index (χ4n) is 3.97. The normalized spacial score (nSPS) is 11.2. The predicted molar refractivity (Wildman–Crippen MR) is 148 cm³/mol.